The fourth-order valence-electron chi connectivity index (χ4n) is 2.32. The number of hydrogen-bond donors (Lipinski definition) is 0. The molecule has 0 saturated heterocycles. The van der Waals surface area contributed by atoms with Crippen LogP contribution < -0.4 is 0 Å². The smallest absolute Gasteiger partial charge is 0.214 e. The van der Waals surface area contributed by atoms with Gasteiger partial charge in [0.1, 0.15) is 0 Å². The van der Waals surface area contributed by atoms with Crippen LogP contribution >= 0.6 is 11.8 Å². The summed E-state index contributed by atoms with van der Waals surface area (Å²) in [5.41, 5.74) is 5.05. The zero-order valence-corrected chi connectivity index (χ0v) is 14.7. The summed E-state index contributed by atoms with van der Waals surface area (Å²) >= 11 is 1.34. The van der Waals surface area contributed by atoms with Gasteiger partial charge in [0.2, 0.25) is 5.16 Å². The lowest BCUT2D eigenvalue weighted by atomic mass is 10.0. The van der Waals surface area contributed by atoms with Crippen molar-refractivity contribution in [3.8, 4) is 5.69 Å². The summed E-state index contributed by atoms with van der Waals surface area (Å²) in [5, 5.41) is 12.4. The third-order valence-electron chi connectivity index (χ3n) is 3.85. The van der Waals surface area contributed by atoms with Gasteiger partial charge in [-0.15, -0.1) is 5.10 Å². The van der Waals surface area contributed by atoms with Crippen LogP contribution in [0.2, 0.25) is 0 Å². The third kappa shape index (κ3) is 3.54. The first-order valence-corrected chi connectivity index (χ1v) is 8.62. The monoisotopic (exact) mass is 338 g/mol. The van der Waals surface area contributed by atoms with Gasteiger partial charge < -0.3 is 0 Å². The van der Waals surface area contributed by atoms with Crippen molar-refractivity contribution in [1.82, 2.24) is 20.2 Å². The molecule has 6 heteroatoms. The number of thioether (sulfide) groups is 1. The molecule has 0 amide bonds. The van der Waals surface area contributed by atoms with Crippen molar-refractivity contribution < 1.29 is 4.79 Å². The maximum atomic E-state index is 12.4. The zero-order chi connectivity index (χ0) is 17.1. The van der Waals surface area contributed by atoms with Crippen LogP contribution in [0.15, 0.2) is 47.6 Å². The molecule has 0 N–H and O–H groups in total. The Bertz CT molecular complexity index is 888. The number of carbonyl (C=O) groups is 1. The number of Topliss-reactive ketones (excluding diaryl/α,β-unsaturated/α-hetero) is 1. The lowest BCUT2D eigenvalue weighted by Gasteiger charge is -2.06. The van der Waals surface area contributed by atoms with E-state index in [4.69, 9.17) is 0 Å². The number of ketones is 1. The van der Waals surface area contributed by atoms with Crippen molar-refractivity contribution in [1.29, 1.82) is 0 Å². The van der Waals surface area contributed by atoms with E-state index in [1.54, 1.807) is 4.68 Å². The van der Waals surface area contributed by atoms with Crippen molar-refractivity contribution >= 4 is 17.5 Å². The topological polar surface area (TPSA) is 60.7 Å². The molecule has 1 aromatic heterocycles. The minimum Gasteiger partial charge on any atom is -0.293 e. The molecule has 1 heterocycles. The molecular weight excluding hydrogens is 320 g/mol. The number of aromatic nitrogens is 4. The highest BCUT2D eigenvalue weighted by atomic mass is 32.2. The molecule has 122 valence electrons. The van der Waals surface area contributed by atoms with E-state index in [-0.39, 0.29) is 5.78 Å². The Morgan fingerprint density at radius 1 is 1.08 bits per heavy atom. The van der Waals surface area contributed by atoms with Crippen LogP contribution in [0.5, 0.6) is 0 Å². The summed E-state index contributed by atoms with van der Waals surface area (Å²) in [6.07, 6.45) is 0. The highest BCUT2D eigenvalue weighted by Gasteiger charge is 2.13. The number of carbonyl (C=O) groups excluding carboxylic acids is 1. The first-order valence-electron chi connectivity index (χ1n) is 7.63. The largest absolute Gasteiger partial charge is 0.293 e. The fourth-order valence-corrected chi connectivity index (χ4v) is 3.10. The van der Waals surface area contributed by atoms with E-state index in [0.29, 0.717) is 10.9 Å². The SMILES string of the molecule is Cc1cccc(-n2nnnc2SCC(=O)c2ccc(C)c(C)c2)c1. The average molecular weight is 338 g/mol. The maximum absolute atomic E-state index is 12.4. The molecule has 3 aromatic rings. The molecule has 0 bridgehead atoms. The minimum atomic E-state index is 0.0712. The Balaban J connectivity index is 1.75. The molecule has 0 aliphatic heterocycles. The summed E-state index contributed by atoms with van der Waals surface area (Å²) < 4.78 is 1.66. The van der Waals surface area contributed by atoms with Crippen LogP contribution in [-0.4, -0.2) is 31.7 Å². The van der Waals surface area contributed by atoms with Gasteiger partial charge in [-0.2, -0.15) is 4.68 Å². The first kappa shape index (κ1) is 16.4. The van der Waals surface area contributed by atoms with Gasteiger partial charge in [-0.05, 0) is 66.1 Å². The molecule has 2 aromatic carbocycles. The van der Waals surface area contributed by atoms with Gasteiger partial charge in [0, 0.05) is 5.56 Å². The van der Waals surface area contributed by atoms with Crippen molar-refractivity contribution in [3.63, 3.8) is 0 Å². The van der Waals surface area contributed by atoms with Gasteiger partial charge in [0.15, 0.2) is 5.78 Å². The quantitative estimate of drug-likeness (QED) is 0.526. The van der Waals surface area contributed by atoms with E-state index in [1.165, 1.54) is 17.3 Å². The van der Waals surface area contributed by atoms with Crippen molar-refractivity contribution in [2.75, 3.05) is 5.75 Å². The van der Waals surface area contributed by atoms with Gasteiger partial charge in [0.05, 0.1) is 11.4 Å². The van der Waals surface area contributed by atoms with Crippen LogP contribution in [0, 0.1) is 20.8 Å². The van der Waals surface area contributed by atoms with Gasteiger partial charge in [-0.25, -0.2) is 0 Å². The number of benzene rings is 2. The molecule has 5 nitrogen and oxygen atoms in total. The number of hydrogen-bond acceptors (Lipinski definition) is 5. The second-order valence-corrected chi connectivity index (χ2v) is 6.67. The second-order valence-electron chi connectivity index (χ2n) is 5.72. The van der Waals surface area contributed by atoms with Gasteiger partial charge in [-0.1, -0.05) is 36.0 Å². The molecule has 24 heavy (non-hydrogen) atoms. The van der Waals surface area contributed by atoms with E-state index < -0.39 is 0 Å². The van der Waals surface area contributed by atoms with Crippen molar-refractivity contribution in [2.24, 2.45) is 0 Å². The molecule has 0 aliphatic rings. The number of tetrazole rings is 1. The molecule has 0 fully saturated rings. The van der Waals surface area contributed by atoms with Crippen LogP contribution in [0.3, 0.4) is 0 Å². The molecule has 0 saturated carbocycles. The van der Waals surface area contributed by atoms with E-state index >= 15 is 0 Å². The summed E-state index contributed by atoms with van der Waals surface area (Å²) in [4.78, 5) is 12.4. The number of nitrogens with zero attached hydrogens (tertiary/aromatic N) is 4. The van der Waals surface area contributed by atoms with E-state index in [0.717, 1.165) is 22.4 Å². The third-order valence-corrected chi connectivity index (χ3v) is 4.77. The van der Waals surface area contributed by atoms with Crippen molar-refractivity contribution in [2.45, 2.75) is 25.9 Å². The normalized spacial score (nSPS) is 10.8. The Morgan fingerprint density at radius 3 is 2.67 bits per heavy atom. The molecule has 0 unspecified atom stereocenters. The molecule has 0 spiro atoms. The summed E-state index contributed by atoms with van der Waals surface area (Å²) in [6.45, 7) is 6.07. The highest BCUT2D eigenvalue weighted by molar-refractivity contribution is 7.99. The molecular formula is C18H18N4OS. The van der Waals surface area contributed by atoms with Crippen LogP contribution in [-0.2, 0) is 0 Å². The fraction of sp³-hybridized carbons (Fsp3) is 0.222. The van der Waals surface area contributed by atoms with Crippen molar-refractivity contribution in [3.05, 3.63) is 64.7 Å². The van der Waals surface area contributed by atoms with Crippen LogP contribution in [0.4, 0.5) is 0 Å². The van der Waals surface area contributed by atoms with Gasteiger partial charge >= 0.3 is 0 Å². The Morgan fingerprint density at radius 2 is 1.92 bits per heavy atom. The zero-order valence-electron chi connectivity index (χ0n) is 13.9. The first-order chi connectivity index (χ1) is 11.5. The molecule has 0 radical (unpaired) electrons. The lowest BCUT2D eigenvalue weighted by Crippen LogP contribution is -2.05. The predicted molar refractivity (Wildman–Crippen MR) is 94.9 cm³/mol. The number of aryl methyl sites for hydroxylation is 3. The molecule has 0 aliphatic carbocycles. The second kappa shape index (κ2) is 6.97. The minimum absolute atomic E-state index is 0.0712. The van der Waals surface area contributed by atoms with E-state index in [2.05, 4.69) is 15.5 Å². The maximum Gasteiger partial charge on any atom is 0.214 e. The van der Waals surface area contributed by atoms with Crippen LogP contribution in [0.25, 0.3) is 5.69 Å². The van der Waals surface area contributed by atoms with Crippen LogP contribution in [0.1, 0.15) is 27.0 Å². The Labute approximate surface area is 145 Å². The average Bonchev–Trinajstić information content (AvgIpc) is 3.03. The molecule has 3 rings (SSSR count). The van der Waals surface area contributed by atoms with Gasteiger partial charge in [0.25, 0.3) is 0 Å². The summed E-state index contributed by atoms with van der Waals surface area (Å²) in [7, 11) is 0. The lowest BCUT2D eigenvalue weighted by molar-refractivity contribution is 0.102. The van der Waals surface area contributed by atoms with E-state index in [1.807, 2.05) is 63.2 Å². The number of rotatable bonds is 5. The molecule has 0 atom stereocenters. The summed E-state index contributed by atoms with van der Waals surface area (Å²) in [5.74, 6) is 0.371. The van der Waals surface area contributed by atoms with Gasteiger partial charge in [-0.3, -0.25) is 4.79 Å². The standard InChI is InChI=1S/C18H18N4OS/c1-12-5-4-6-16(9-12)22-18(19-20-21-22)24-11-17(23)15-8-7-13(2)14(3)10-15/h4-10H,11H2,1-3H3. The highest BCUT2D eigenvalue weighted by Crippen LogP contribution is 2.20. The summed E-state index contributed by atoms with van der Waals surface area (Å²) in [6, 6.07) is 13.7. The van der Waals surface area contributed by atoms with E-state index in [9.17, 15) is 4.79 Å². The Kier molecular flexibility index (Phi) is 4.76. The Hall–Kier alpha value is -2.47. The predicted octanol–water partition coefficient (Wildman–Crippen LogP) is 3.56.